The summed E-state index contributed by atoms with van der Waals surface area (Å²) >= 11 is 0. The summed E-state index contributed by atoms with van der Waals surface area (Å²) < 4.78 is 8.93. The Kier molecular flexibility index (Phi) is 4.22. The molecule has 0 saturated carbocycles. The van der Waals surface area contributed by atoms with Crippen LogP contribution in [0.25, 0.3) is 28.0 Å². The monoisotopic (exact) mass is 377 g/mol. The van der Waals surface area contributed by atoms with E-state index < -0.39 is 0 Å². The maximum absolute atomic E-state index is 12.6. The Morgan fingerprint density at radius 1 is 1.18 bits per heavy atom. The van der Waals surface area contributed by atoms with Crippen LogP contribution in [0.15, 0.2) is 47.4 Å². The Morgan fingerprint density at radius 2 is 1.96 bits per heavy atom. The minimum Gasteiger partial charge on any atom is -0.872 e. The average Bonchev–Trinajstić information content (AvgIpc) is 3.23. The van der Waals surface area contributed by atoms with E-state index in [1.807, 2.05) is 55.9 Å². The molecule has 2 aromatic carbocycles. The number of aromatic amines is 1. The van der Waals surface area contributed by atoms with Crippen LogP contribution >= 0.6 is 0 Å². The van der Waals surface area contributed by atoms with Crippen molar-refractivity contribution in [3.05, 3.63) is 58.6 Å². The van der Waals surface area contributed by atoms with E-state index in [-0.39, 0.29) is 17.4 Å². The molecule has 1 N–H and O–H groups in total. The van der Waals surface area contributed by atoms with Crippen molar-refractivity contribution < 1.29 is 9.84 Å². The van der Waals surface area contributed by atoms with Crippen molar-refractivity contribution >= 4 is 10.9 Å². The van der Waals surface area contributed by atoms with Crippen LogP contribution in [0.3, 0.4) is 0 Å². The molecule has 0 radical (unpaired) electrons. The lowest BCUT2D eigenvalue weighted by atomic mass is 9.98. The van der Waals surface area contributed by atoms with Crippen molar-refractivity contribution in [3.63, 3.8) is 0 Å². The number of fused-ring (bicyclic) bond motifs is 1. The summed E-state index contributed by atoms with van der Waals surface area (Å²) in [6.07, 6.45) is 1.97. The number of nitrogens with zero attached hydrogens (tertiary/aromatic N) is 3. The van der Waals surface area contributed by atoms with Gasteiger partial charge in [0.15, 0.2) is 5.82 Å². The van der Waals surface area contributed by atoms with Crippen LogP contribution in [0.1, 0.15) is 25.3 Å². The van der Waals surface area contributed by atoms with Crippen molar-refractivity contribution in [3.8, 4) is 28.6 Å². The molecule has 28 heavy (non-hydrogen) atoms. The molecule has 7 nitrogen and oxygen atoms in total. The highest BCUT2D eigenvalue weighted by Gasteiger charge is 2.19. The van der Waals surface area contributed by atoms with Crippen LogP contribution < -0.4 is 15.5 Å². The average molecular weight is 377 g/mol. The Morgan fingerprint density at radius 3 is 2.68 bits per heavy atom. The van der Waals surface area contributed by atoms with Crippen LogP contribution in [-0.4, -0.2) is 26.4 Å². The zero-order valence-electron chi connectivity index (χ0n) is 16.2. The lowest BCUT2D eigenvalue weighted by Crippen LogP contribution is -2.16. The van der Waals surface area contributed by atoms with Crippen LogP contribution in [0.5, 0.6) is 11.5 Å². The van der Waals surface area contributed by atoms with E-state index in [0.29, 0.717) is 28.4 Å². The number of aromatic nitrogens is 4. The third-order valence-electron chi connectivity index (χ3n) is 4.99. The maximum Gasteiger partial charge on any atom is 0.348 e. The molecule has 0 aliphatic rings. The molecule has 0 fully saturated rings. The van der Waals surface area contributed by atoms with E-state index in [0.717, 1.165) is 10.9 Å². The lowest BCUT2D eigenvalue weighted by Gasteiger charge is -2.20. The van der Waals surface area contributed by atoms with Gasteiger partial charge in [0, 0.05) is 24.1 Å². The standard InChI is InChI=1S/C21H22N4O3/c1-12(2)15-10-16(19(28-4)11-18(15)26)20-22-23-21(27)25(20)14-5-6-17-13(9-14)7-8-24(17)3/h5-12,26H,1-4H3,(H,23,27)/p-1. The van der Waals surface area contributed by atoms with Crippen molar-refractivity contribution in [2.24, 2.45) is 7.05 Å². The van der Waals surface area contributed by atoms with E-state index in [2.05, 4.69) is 10.2 Å². The van der Waals surface area contributed by atoms with Crippen LogP contribution in [0, 0.1) is 0 Å². The van der Waals surface area contributed by atoms with Gasteiger partial charge in [0.2, 0.25) is 0 Å². The summed E-state index contributed by atoms with van der Waals surface area (Å²) in [6.45, 7) is 3.90. The van der Waals surface area contributed by atoms with Gasteiger partial charge in [-0.3, -0.25) is 0 Å². The van der Waals surface area contributed by atoms with Gasteiger partial charge in [0.1, 0.15) is 5.75 Å². The molecular formula is C21H21N4O3-. The number of hydrogen-bond acceptors (Lipinski definition) is 4. The molecule has 0 spiro atoms. The van der Waals surface area contributed by atoms with Gasteiger partial charge < -0.3 is 14.4 Å². The quantitative estimate of drug-likeness (QED) is 0.592. The first-order valence-electron chi connectivity index (χ1n) is 9.03. The predicted octanol–water partition coefficient (Wildman–Crippen LogP) is 2.92. The van der Waals surface area contributed by atoms with Crippen molar-refractivity contribution in [1.82, 2.24) is 19.3 Å². The lowest BCUT2D eigenvalue weighted by molar-refractivity contribution is -0.269. The summed E-state index contributed by atoms with van der Waals surface area (Å²) in [4.78, 5) is 12.6. The van der Waals surface area contributed by atoms with Gasteiger partial charge >= 0.3 is 5.69 Å². The smallest absolute Gasteiger partial charge is 0.348 e. The molecule has 4 rings (SSSR count). The highest BCUT2D eigenvalue weighted by Crippen LogP contribution is 2.37. The highest BCUT2D eigenvalue weighted by molar-refractivity contribution is 5.82. The maximum atomic E-state index is 12.6. The molecule has 0 bridgehead atoms. The van der Waals surface area contributed by atoms with Crippen molar-refractivity contribution in [2.75, 3.05) is 7.11 Å². The molecule has 2 aromatic heterocycles. The fourth-order valence-corrected chi connectivity index (χ4v) is 3.50. The zero-order chi connectivity index (χ0) is 20.0. The minimum absolute atomic E-state index is 0.0388. The first-order valence-corrected chi connectivity index (χ1v) is 9.03. The molecule has 0 saturated heterocycles. The summed E-state index contributed by atoms with van der Waals surface area (Å²) in [7, 11) is 3.47. The second kappa shape index (κ2) is 6.60. The molecule has 7 heteroatoms. The minimum atomic E-state index is -0.357. The fourth-order valence-electron chi connectivity index (χ4n) is 3.50. The Hall–Kier alpha value is -3.48. The highest BCUT2D eigenvalue weighted by atomic mass is 16.5. The predicted molar refractivity (Wildman–Crippen MR) is 106 cm³/mol. The molecule has 0 aliphatic heterocycles. The van der Waals surface area contributed by atoms with Gasteiger partial charge in [-0.15, -0.1) is 5.75 Å². The van der Waals surface area contributed by atoms with Gasteiger partial charge in [-0.05, 0) is 42.3 Å². The third-order valence-corrected chi connectivity index (χ3v) is 4.99. The largest absolute Gasteiger partial charge is 0.872 e. The first-order chi connectivity index (χ1) is 13.4. The Labute approximate surface area is 161 Å². The first kappa shape index (κ1) is 17.9. The van der Waals surface area contributed by atoms with Crippen molar-refractivity contribution in [1.29, 1.82) is 0 Å². The molecule has 0 unspecified atom stereocenters. The van der Waals surface area contributed by atoms with Crippen LogP contribution in [0.2, 0.25) is 0 Å². The normalized spacial score (nSPS) is 11.5. The molecule has 0 atom stereocenters. The van der Waals surface area contributed by atoms with Gasteiger partial charge in [-0.25, -0.2) is 14.5 Å². The Balaban J connectivity index is 1.96. The van der Waals surface area contributed by atoms with Gasteiger partial charge in [0.25, 0.3) is 0 Å². The van der Waals surface area contributed by atoms with Crippen LogP contribution in [0.4, 0.5) is 0 Å². The van der Waals surface area contributed by atoms with Crippen LogP contribution in [-0.2, 0) is 7.05 Å². The fraction of sp³-hybridized carbons (Fsp3) is 0.238. The molecule has 0 amide bonds. The molecule has 2 heterocycles. The summed E-state index contributed by atoms with van der Waals surface area (Å²) in [5.41, 5.74) is 2.64. The van der Waals surface area contributed by atoms with E-state index >= 15 is 0 Å². The van der Waals surface area contributed by atoms with Gasteiger partial charge in [-0.1, -0.05) is 19.4 Å². The van der Waals surface area contributed by atoms with E-state index in [4.69, 9.17) is 4.74 Å². The van der Waals surface area contributed by atoms with E-state index in [1.165, 1.54) is 17.7 Å². The number of aryl methyl sites for hydroxylation is 1. The van der Waals surface area contributed by atoms with Gasteiger partial charge in [-0.2, -0.15) is 5.10 Å². The number of ether oxygens (including phenoxy) is 1. The third kappa shape index (κ3) is 2.76. The zero-order valence-corrected chi connectivity index (χ0v) is 16.2. The number of methoxy groups -OCH3 is 1. The molecule has 144 valence electrons. The van der Waals surface area contributed by atoms with Crippen molar-refractivity contribution in [2.45, 2.75) is 19.8 Å². The number of benzene rings is 2. The second-order valence-electron chi connectivity index (χ2n) is 7.10. The van der Waals surface area contributed by atoms with E-state index in [9.17, 15) is 9.90 Å². The number of hydrogen-bond donors (Lipinski definition) is 1. The second-order valence-corrected chi connectivity index (χ2v) is 7.10. The summed E-state index contributed by atoms with van der Waals surface area (Å²) in [5.74, 6) is 0.733. The Bertz CT molecular complexity index is 1230. The molecular weight excluding hydrogens is 356 g/mol. The number of H-pyrrole nitrogens is 1. The topological polar surface area (TPSA) is 87.9 Å². The molecule has 0 aliphatic carbocycles. The number of rotatable bonds is 4. The summed E-state index contributed by atoms with van der Waals surface area (Å²) in [6, 6.07) is 11.0. The SMILES string of the molecule is COc1cc([O-])c(C(C)C)cc1-c1n[nH]c(=O)n1-c1ccc2c(ccn2C)c1. The molecule has 4 aromatic rings. The summed E-state index contributed by atoms with van der Waals surface area (Å²) in [5, 5.41) is 20.1. The van der Waals surface area contributed by atoms with E-state index in [1.54, 1.807) is 6.07 Å². The van der Waals surface area contributed by atoms with Gasteiger partial charge in [0.05, 0.1) is 18.4 Å². The number of nitrogens with one attached hydrogen (secondary N) is 1.